The third-order valence-electron chi connectivity index (χ3n) is 3.27. The van der Waals surface area contributed by atoms with Gasteiger partial charge in [0.2, 0.25) is 5.91 Å². The number of amides is 1. The Kier molecular flexibility index (Phi) is 7.72. The third kappa shape index (κ3) is 5.44. The second-order valence-electron chi connectivity index (χ2n) is 5.46. The van der Waals surface area contributed by atoms with Gasteiger partial charge in [0.05, 0.1) is 22.3 Å². The van der Waals surface area contributed by atoms with Crippen LogP contribution in [0.5, 0.6) is 0 Å². The molecule has 2 unspecified atom stereocenters. The normalized spacial score (nSPS) is 22.0. The number of benzene rings is 1. The van der Waals surface area contributed by atoms with Crippen molar-refractivity contribution >= 4 is 58.8 Å². The molecule has 0 aromatic heterocycles. The number of piperazine rings is 1. The summed E-state index contributed by atoms with van der Waals surface area (Å²) in [5, 5.41) is 7.30. The van der Waals surface area contributed by atoms with Gasteiger partial charge < -0.3 is 10.6 Å². The molecule has 4 nitrogen and oxygen atoms in total. The first-order valence-electron chi connectivity index (χ1n) is 6.78. The van der Waals surface area contributed by atoms with Crippen LogP contribution in [0.15, 0.2) is 12.1 Å². The van der Waals surface area contributed by atoms with Crippen molar-refractivity contribution in [2.45, 2.75) is 25.9 Å². The zero-order chi connectivity index (χ0) is 15.6. The Balaban J connectivity index is 0.00000242. The Morgan fingerprint density at radius 3 is 2.23 bits per heavy atom. The summed E-state index contributed by atoms with van der Waals surface area (Å²) in [4.78, 5) is 14.3. The minimum atomic E-state index is -0.137. The summed E-state index contributed by atoms with van der Waals surface area (Å²) in [6.07, 6.45) is 0. The maximum absolute atomic E-state index is 12.2. The molecule has 22 heavy (non-hydrogen) atoms. The SMILES string of the molecule is CC1CN(CC(=O)Nc2c(Cl)cc(Cl)cc2Cl)CC(C)N1.Cl. The number of carbonyl (C=O) groups is 1. The predicted octanol–water partition coefficient (Wildman–Crippen LogP) is 3.69. The molecular formula is C14H19Cl4N3O. The van der Waals surface area contributed by atoms with Crippen molar-refractivity contribution in [3.05, 3.63) is 27.2 Å². The van der Waals surface area contributed by atoms with Crippen LogP contribution in [-0.2, 0) is 4.79 Å². The third-order valence-corrected chi connectivity index (χ3v) is 4.09. The first kappa shape index (κ1) is 19.8. The van der Waals surface area contributed by atoms with Gasteiger partial charge in [-0.3, -0.25) is 9.69 Å². The smallest absolute Gasteiger partial charge is 0.238 e. The predicted molar refractivity (Wildman–Crippen MR) is 95.8 cm³/mol. The molecule has 0 bridgehead atoms. The summed E-state index contributed by atoms with van der Waals surface area (Å²) in [7, 11) is 0. The van der Waals surface area contributed by atoms with Crippen molar-refractivity contribution in [1.82, 2.24) is 10.2 Å². The van der Waals surface area contributed by atoms with Gasteiger partial charge in [-0.25, -0.2) is 0 Å². The number of hydrogen-bond donors (Lipinski definition) is 2. The molecule has 1 aliphatic heterocycles. The molecule has 1 aliphatic rings. The lowest BCUT2D eigenvalue weighted by molar-refractivity contribution is -0.117. The second-order valence-corrected chi connectivity index (χ2v) is 6.71. The first-order chi connectivity index (χ1) is 9.85. The second kappa shape index (κ2) is 8.57. The van der Waals surface area contributed by atoms with E-state index in [2.05, 4.69) is 29.4 Å². The van der Waals surface area contributed by atoms with Crippen LogP contribution in [-0.4, -0.2) is 42.5 Å². The molecule has 8 heteroatoms. The average molecular weight is 387 g/mol. The number of anilines is 1. The van der Waals surface area contributed by atoms with Gasteiger partial charge in [-0.2, -0.15) is 0 Å². The molecule has 1 aromatic carbocycles. The lowest BCUT2D eigenvalue weighted by atomic mass is 10.1. The zero-order valence-corrected chi connectivity index (χ0v) is 15.4. The molecule has 124 valence electrons. The standard InChI is InChI=1S/C14H18Cl3N3O.ClH/c1-8-5-20(6-9(2)18-8)7-13(21)19-14-11(16)3-10(15)4-12(14)17;/h3-4,8-9,18H,5-7H2,1-2H3,(H,19,21);1H. The molecule has 1 heterocycles. The van der Waals surface area contributed by atoms with Gasteiger partial charge in [0.15, 0.2) is 0 Å². The van der Waals surface area contributed by atoms with E-state index in [1.807, 2.05) is 0 Å². The van der Waals surface area contributed by atoms with E-state index in [1.54, 1.807) is 12.1 Å². The quantitative estimate of drug-likeness (QED) is 0.832. The largest absolute Gasteiger partial charge is 0.322 e. The van der Waals surface area contributed by atoms with E-state index in [1.165, 1.54) is 0 Å². The molecular weight excluding hydrogens is 368 g/mol. The van der Waals surface area contributed by atoms with Crippen LogP contribution < -0.4 is 10.6 Å². The van der Waals surface area contributed by atoms with Crippen molar-refractivity contribution < 1.29 is 4.79 Å². The summed E-state index contributed by atoms with van der Waals surface area (Å²) < 4.78 is 0. The van der Waals surface area contributed by atoms with Gasteiger partial charge in [-0.05, 0) is 26.0 Å². The Bertz CT molecular complexity index is 508. The molecule has 0 saturated carbocycles. The van der Waals surface area contributed by atoms with Gasteiger partial charge >= 0.3 is 0 Å². The van der Waals surface area contributed by atoms with Gasteiger partial charge in [-0.1, -0.05) is 34.8 Å². The fraction of sp³-hybridized carbons (Fsp3) is 0.500. The van der Waals surface area contributed by atoms with E-state index in [9.17, 15) is 4.79 Å². The topological polar surface area (TPSA) is 44.4 Å². The first-order valence-corrected chi connectivity index (χ1v) is 7.91. The molecule has 0 aliphatic carbocycles. The van der Waals surface area contributed by atoms with Crippen LogP contribution in [0.4, 0.5) is 5.69 Å². The van der Waals surface area contributed by atoms with E-state index in [0.717, 1.165) is 13.1 Å². The van der Waals surface area contributed by atoms with Crippen LogP contribution in [0.2, 0.25) is 15.1 Å². The van der Waals surface area contributed by atoms with Crippen molar-refractivity contribution in [2.24, 2.45) is 0 Å². The summed E-state index contributed by atoms with van der Waals surface area (Å²) >= 11 is 18.0. The van der Waals surface area contributed by atoms with Crippen LogP contribution in [0.3, 0.4) is 0 Å². The minimum absolute atomic E-state index is 0. The monoisotopic (exact) mass is 385 g/mol. The van der Waals surface area contributed by atoms with E-state index in [-0.39, 0.29) is 18.3 Å². The van der Waals surface area contributed by atoms with Crippen LogP contribution >= 0.6 is 47.2 Å². The van der Waals surface area contributed by atoms with E-state index in [0.29, 0.717) is 39.4 Å². The van der Waals surface area contributed by atoms with Crippen molar-refractivity contribution in [1.29, 1.82) is 0 Å². The molecule has 1 aromatic rings. The number of hydrogen-bond acceptors (Lipinski definition) is 3. The van der Waals surface area contributed by atoms with Gasteiger partial charge in [0, 0.05) is 30.2 Å². The molecule has 1 amide bonds. The summed E-state index contributed by atoms with van der Waals surface area (Å²) in [6.45, 7) is 6.19. The van der Waals surface area contributed by atoms with E-state index < -0.39 is 0 Å². The van der Waals surface area contributed by atoms with Crippen molar-refractivity contribution in [3.8, 4) is 0 Å². The minimum Gasteiger partial charge on any atom is -0.322 e. The molecule has 0 spiro atoms. The van der Waals surface area contributed by atoms with Crippen molar-refractivity contribution in [2.75, 3.05) is 25.0 Å². The molecule has 1 saturated heterocycles. The highest BCUT2D eigenvalue weighted by atomic mass is 35.5. The van der Waals surface area contributed by atoms with Crippen LogP contribution in [0.1, 0.15) is 13.8 Å². The maximum atomic E-state index is 12.2. The molecule has 0 radical (unpaired) electrons. The van der Waals surface area contributed by atoms with E-state index in [4.69, 9.17) is 34.8 Å². The highest BCUT2D eigenvalue weighted by Gasteiger charge is 2.23. The van der Waals surface area contributed by atoms with Gasteiger partial charge in [0.1, 0.15) is 0 Å². The van der Waals surface area contributed by atoms with Gasteiger partial charge in [-0.15, -0.1) is 12.4 Å². The number of nitrogens with one attached hydrogen (secondary N) is 2. The summed E-state index contributed by atoms with van der Waals surface area (Å²) in [6, 6.07) is 3.84. The average Bonchev–Trinajstić information content (AvgIpc) is 2.32. The van der Waals surface area contributed by atoms with Crippen molar-refractivity contribution in [3.63, 3.8) is 0 Å². The Morgan fingerprint density at radius 1 is 1.23 bits per heavy atom. The maximum Gasteiger partial charge on any atom is 0.238 e. The lowest BCUT2D eigenvalue weighted by Gasteiger charge is -2.35. The molecule has 2 rings (SSSR count). The summed E-state index contributed by atoms with van der Waals surface area (Å²) in [5.74, 6) is -0.137. The fourth-order valence-corrected chi connectivity index (χ4v) is 3.52. The number of nitrogens with zero attached hydrogens (tertiary/aromatic N) is 1. The van der Waals surface area contributed by atoms with Crippen LogP contribution in [0.25, 0.3) is 0 Å². The molecule has 2 N–H and O–H groups in total. The molecule has 2 atom stereocenters. The highest BCUT2D eigenvalue weighted by molar-refractivity contribution is 6.42. The number of carbonyl (C=O) groups excluding carboxylic acids is 1. The number of rotatable bonds is 3. The Labute approximate surface area is 151 Å². The lowest BCUT2D eigenvalue weighted by Crippen LogP contribution is -2.55. The number of halogens is 4. The fourth-order valence-electron chi connectivity index (χ4n) is 2.61. The van der Waals surface area contributed by atoms with E-state index >= 15 is 0 Å². The highest BCUT2D eigenvalue weighted by Crippen LogP contribution is 2.33. The molecule has 1 fully saturated rings. The summed E-state index contributed by atoms with van der Waals surface area (Å²) in [5.41, 5.74) is 0.406. The van der Waals surface area contributed by atoms with Gasteiger partial charge in [0.25, 0.3) is 0 Å². The Morgan fingerprint density at radius 2 is 1.73 bits per heavy atom. The zero-order valence-electron chi connectivity index (χ0n) is 12.3. The van der Waals surface area contributed by atoms with Crippen LogP contribution in [0, 0.1) is 0 Å². The Hall–Kier alpha value is -0.230.